The molecule has 2 N–H and O–H groups in total. The highest BCUT2D eigenvalue weighted by atomic mass is 79.9. The Morgan fingerprint density at radius 2 is 1.95 bits per heavy atom. The van der Waals surface area contributed by atoms with Crippen molar-refractivity contribution in [1.29, 1.82) is 0 Å². The number of halogens is 4. The number of aromatic hydroxyl groups is 1. The molecule has 0 saturated carbocycles. The van der Waals surface area contributed by atoms with Gasteiger partial charge in [-0.05, 0) is 24.6 Å². The molecule has 0 aromatic heterocycles. The molecule has 1 aromatic rings. The van der Waals surface area contributed by atoms with Gasteiger partial charge in [0.2, 0.25) is 0 Å². The first kappa shape index (κ1) is 19.9. The highest BCUT2D eigenvalue weighted by Crippen LogP contribution is 2.34. The number of hydrogen-bond donors (Lipinski definition) is 2. The van der Waals surface area contributed by atoms with E-state index in [1.165, 1.54) is 0 Å². The van der Waals surface area contributed by atoms with Crippen LogP contribution in [-0.4, -0.2) is 42.9 Å². The fraction of sp³-hybridized carbons (Fsp3) is 0.538. The normalized spacial score (nSPS) is 16.9. The molecular formula is C13H20BrCl2FN2O. The Labute approximate surface area is 139 Å². The van der Waals surface area contributed by atoms with Gasteiger partial charge >= 0.3 is 0 Å². The van der Waals surface area contributed by atoms with E-state index in [4.69, 9.17) is 0 Å². The van der Waals surface area contributed by atoms with E-state index >= 15 is 0 Å². The maximum atomic E-state index is 13.4. The number of piperazine rings is 1. The van der Waals surface area contributed by atoms with Crippen molar-refractivity contribution < 1.29 is 9.50 Å². The van der Waals surface area contributed by atoms with Crippen molar-refractivity contribution in [3.63, 3.8) is 0 Å². The van der Waals surface area contributed by atoms with E-state index in [2.05, 4.69) is 26.1 Å². The van der Waals surface area contributed by atoms with E-state index in [-0.39, 0.29) is 36.6 Å². The summed E-state index contributed by atoms with van der Waals surface area (Å²) in [4.78, 5) is 2.08. The molecule has 7 heteroatoms. The summed E-state index contributed by atoms with van der Waals surface area (Å²) in [6.07, 6.45) is 0. The molecule has 1 fully saturated rings. The van der Waals surface area contributed by atoms with Crippen LogP contribution in [0.3, 0.4) is 0 Å². The number of nitrogens with one attached hydrogen (secondary N) is 1. The van der Waals surface area contributed by atoms with Gasteiger partial charge in [-0.2, -0.15) is 0 Å². The van der Waals surface area contributed by atoms with Crippen molar-refractivity contribution in [3.05, 3.63) is 27.7 Å². The zero-order valence-corrected chi connectivity index (χ0v) is 14.5. The van der Waals surface area contributed by atoms with Crippen molar-refractivity contribution in [2.24, 2.45) is 0 Å². The first-order valence-electron chi connectivity index (χ1n) is 6.13. The molecule has 1 atom stereocenters. The predicted octanol–water partition coefficient (Wildman–Crippen LogP) is 3.22. The van der Waals surface area contributed by atoms with Gasteiger partial charge < -0.3 is 10.4 Å². The summed E-state index contributed by atoms with van der Waals surface area (Å²) in [6, 6.07) is 3.30. The first-order chi connectivity index (χ1) is 8.63. The van der Waals surface area contributed by atoms with Crippen molar-refractivity contribution in [3.8, 4) is 5.75 Å². The standard InChI is InChI=1S/C13H18BrFN2O.2ClH/c1-9-6-10(14)7-11(13(9)18)12(8-15)17-4-2-16-3-5-17;;/h6-7,12,16,18H,2-5,8H2,1H3;2*1H/t12-;;/m1../s1. The fourth-order valence-corrected chi connectivity index (χ4v) is 2.98. The van der Waals surface area contributed by atoms with E-state index in [9.17, 15) is 9.50 Å². The van der Waals surface area contributed by atoms with Crippen LogP contribution in [0.5, 0.6) is 5.75 Å². The molecule has 116 valence electrons. The van der Waals surface area contributed by atoms with Gasteiger partial charge in [-0.15, -0.1) is 24.8 Å². The summed E-state index contributed by atoms with van der Waals surface area (Å²) >= 11 is 3.40. The Hall–Kier alpha value is -0.0700. The summed E-state index contributed by atoms with van der Waals surface area (Å²) in [5.41, 5.74) is 1.44. The van der Waals surface area contributed by atoms with Crippen LogP contribution in [0.4, 0.5) is 4.39 Å². The highest BCUT2D eigenvalue weighted by Gasteiger charge is 2.25. The molecule has 1 aliphatic heterocycles. The SMILES string of the molecule is Cc1cc(Br)cc([C@@H](CF)N2CCNCC2)c1O.Cl.Cl. The quantitative estimate of drug-likeness (QED) is 0.832. The van der Waals surface area contributed by atoms with Crippen LogP contribution in [0.2, 0.25) is 0 Å². The van der Waals surface area contributed by atoms with Gasteiger partial charge in [-0.1, -0.05) is 15.9 Å². The zero-order valence-electron chi connectivity index (χ0n) is 11.2. The van der Waals surface area contributed by atoms with Crippen LogP contribution in [0.15, 0.2) is 16.6 Å². The number of aryl methyl sites for hydroxylation is 1. The summed E-state index contributed by atoms with van der Waals surface area (Å²) in [5.74, 6) is 0.208. The lowest BCUT2D eigenvalue weighted by Gasteiger charge is -2.34. The van der Waals surface area contributed by atoms with E-state index in [1.54, 1.807) is 0 Å². The van der Waals surface area contributed by atoms with Crippen LogP contribution in [-0.2, 0) is 0 Å². The second kappa shape index (κ2) is 9.05. The molecular weight excluding hydrogens is 370 g/mol. The van der Waals surface area contributed by atoms with Crippen LogP contribution in [0.25, 0.3) is 0 Å². The molecule has 0 aliphatic carbocycles. The molecule has 2 rings (SSSR count). The van der Waals surface area contributed by atoms with E-state index in [0.29, 0.717) is 5.56 Å². The highest BCUT2D eigenvalue weighted by molar-refractivity contribution is 9.10. The van der Waals surface area contributed by atoms with Crippen molar-refractivity contribution in [2.75, 3.05) is 32.9 Å². The van der Waals surface area contributed by atoms with Gasteiger partial charge in [-0.25, -0.2) is 4.39 Å². The Morgan fingerprint density at radius 1 is 1.35 bits per heavy atom. The average Bonchev–Trinajstić information content (AvgIpc) is 2.37. The molecule has 0 bridgehead atoms. The third-order valence-corrected chi connectivity index (χ3v) is 3.85. The summed E-state index contributed by atoms with van der Waals surface area (Å²) in [6.45, 7) is 4.69. The smallest absolute Gasteiger partial charge is 0.123 e. The third kappa shape index (κ3) is 4.46. The molecule has 3 nitrogen and oxygen atoms in total. The van der Waals surface area contributed by atoms with E-state index < -0.39 is 6.67 Å². The lowest BCUT2D eigenvalue weighted by Crippen LogP contribution is -2.45. The number of hydrogen-bond acceptors (Lipinski definition) is 3. The maximum absolute atomic E-state index is 13.4. The Morgan fingerprint density at radius 3 is 2.50 bits per heavy atom. The summed E-state index contributed by atoms with van der Waals surface area (Å²) < 4.78 is 14.3. The Balaban J connectivity index is 0.00000180. The summed E-state index contributed by atoms with van der Waals surface area (Å²) in [5, 5.41) is 13.4. The second-order valence-electron chi connectivity index (χ2n) is 4.62. The van der Waals surface area contributed by atoms with Crippen molar-refractivity contribution in [1.82, 2.24) is 10.2 Å². The van der Waals surface area contributed by atoms with Gasteiger partial charge in [0.05, 0.1) is 6.04 Å². The first-order valence-corrected chi connectivity index (χ1v) is 6.92. The topological polar surface area (TPSA) is 35.5 Å². The number of nitrogens with zero attached hydrogens (tertiary/aromatic N) is 1. The van der Waals surface area contributed by atoms with Crippen LogP contribution in [0, 0.1) is 6.92 Å². The lowest BCUT2D eigenvalue weighted by molar-refractivity contribution is 0.145. The van der Waals surface area contributed by atoms with Gasteiger partial charge in [0, 0.05) is 36.2 Å². The number of phenolic OH excluding ortho intramolecular Hbond substituents is 1. The number of phenols is 1. The minimum Gasteiger partial charge on any atom is -0.507 e. The second-order valence-corrected chi connectivity index (χ2v) is 5.53. The monoisotopic (exact) mass is 388 g/mol. The van der Waals surface area contributed by atoms with E-state index in [1.807, 2.05) is 19.1 Å². The molecule has 0 unspecified atom stereocenters. The van der Waals surface area contributed by atoms with Gasteiger partial charge in [0.25, 0.3) is 0 Å². The Bertz CT molecular complexity index is 431. The van der Waals surface area contributed by atoms with Gasteiger partial charge in [-0.3, -0.25) is 4.90 Å². The molecule has 20 heavy (non-hydrogen) atoms. The largest absolute Gasteiger partial charge is 0.507 e. The molecule has 1 saturated heterocycles. The lowest BCUT2D eigenvalue weighted by atomic mass is 10.0. The summed E-state index contributed by atoms with van der Waals surface area (Å²) in [7, 11) is 0. The maximum Gasteiger partial charge on any atom is 0.123 e. The average molecular weight is 390 g/mol. The van der Waals surface area contributed by atoms with Crippen LogP contribution in [0.1, 0.15) is 17.2 Å². The van der Waals surface area contributed by atoms with E-state index in [0.717, 1.165) is 36.2 Å². The molecule has 0 radical (unpaired) electrons. The molecule has 0 spiro atoms. The third-order valence-electron chi connectivity index (χ3n) is 3.39. The Kier molecular flexibility index (Phi) is 9.02. The molecule has 0 amide bonds. The van der Waals surface area contributed by atoms with Crippen LogP contribution < -0.4 is 5.32 Å². The molecule has 1 aliphatic rings. The number of rotatable bonds is 3. The van der Waals surface area contributed by atoms with Gasteiger partial charge in [0.15, 0.2) is 0 Å². The number of alkyl halides is 1. The minimum absolute atomic E-state index is 0. The minimum atomic E-state index is -0.483. The molecule has 1 aromatic carbocycles. The molecule has 1 heterocycles. The van der Waals surface area contributed by atoms with Crippen LogP contribution >= 0.6 is 40.7 Å². The zero-order chi connectivity index (χ0) is 13.1. The fourth-order valence-electron chi connectivity index (χ4n) is 2.39. The van der Waals surface area contributed by atoms with Crippen molar-refractivity contribution >= 4 is 40.7 Å². The predicted molar refractivity (Wildman–Crippen MR) is 88.2 cm³/mol. The van der Waals surface area contributed by atoms with Gasteiger partial charge in [0.1, 0.15) is 12.4 Å². The number of benzene rings is 1. The van der Waals surface area contributed by atoms with Crippen molar-refractivity contribution in [2.45, 2.75) is 13.0 Å².